The fourth-order valence-electron chi connectivity index (χ4n) is 2.91. The molecule has 0 bridgehead atoms. The average Bonchev–Trinajstić information content (AvgIpc) is 2.56. The van der Waals surface area contributed by atoms with Crippen LogP contribution in [-0.2, 0) is 0 Å². The van der Waals surface area contributed by atoms with Gasteiger partial charge in [-0.25, -0.2) is 0 Å². The maximum Gasteiger partial charge on any atom is 0.144 e. The number of benzene rings is 1. The standard InChI is InChI=1S/C17H26N3O2P/c21-17-6-4-14-3-5-15(13-16(14)18-17)22-12-2-1-7-19-8-10-20(23)11-9-19/h3-6,13,17-18,21H,1-2,7-12,23H2. The molecule has 0 saturated carbocycles. The molecule has 0 aliphatic carbocycles. The summed E-state index contributed by atoms with van der Waals surface area (Å²) in [7, 11) is 2.78. The van der Waals surface area contributed by atoms with Crippen LogP contribution in [0.5, 0.6) is 5.75 Å². The lowest BCUT2D eigenvalue weighted by atomic mass is 10.1. The van der Waals surface area contributed by atoms with E-state index in [2.05, 4.69) is 24.3 Å². The molecule has 1 aromatic rings. The second-order valence-electron chi connectivity index (χ2n) is 6.13. The predicted octanol–water partition coefficient (Wildman–Crippen LogP) is 2.01. The molecule has 0 amide bonds. The van der Waals surface area contributed by atoms with E-state index < -0.39 is 6.23 Å². The molecular formula is C17H26N3O2P. The van der Waals surface area contributed by atoms with Crippen LogP contribution < -0.4 is 10.1 Å². The number of hydrogen-bond donors (Lipinski definition) is 2. The lowest BCUT2D eigenvalue weighted by Crippen LogP contribution is -2.42. The molecule has 2 N–H and O–H groups in total. The highest BCUT2D eigenvalue weighted by atomic mass is 31.0. The zero-order valence-electron chi connectivity index (χ0n) is 13.4. The normalized spacial score (nSPS) is 21.7. The van der Waals surface area contributed by atoms with E-state index in [9.17, 15) is 5.11 Å². The number of unbranched alkanes of at least 4 members (excludes halogenated alkanes) is 1. The minimum Gasteiger partial charge on any atom is -0.494 e. The number of fused-ring (bicyclic) bond motifs is 1. The van der Waals surface area contributed by atoms with Gasteiger partial charge in [0, 0.05) is 37.9 Å². The Morgan fingerprint density at radius 1 is 1.22 bits per heavy atom. The van der Waals surface area contributed by atoms with E-state index in [1.807, 2.05) is 24.3 Å². The van der Waals surface area contributed by atoms with Gasteiger partial charge in [-0.05, 0) is 43.2 Å². The molecule has 0 radical (unpaired) electrons. The number of aliphatic hydroxyl groups is 1. The Kier molecular flexibility index (Phi) is 5.90. The number of ether oxygens (including phenoxy) is 1. The third-order valence-corrected chi connectivity index (χ3v) is 4.85. The van der Waals surface area contributed by atoms with Gasteiger partial charge in [0.1, 0.15) is 12.0 Å². The van der Waals surface area contributed by atoms with Gasteiger partial charge in [-0.2, -0.15) is 0 Å². The van der Waals surface area contributed by atoms with Crippen LogP contribution in [0.25, 0.3) is 6.08 Å². The molecule has 2 unspecified atom stereocenters. The Bertz CT molecular complexity index is 545. The summed E-state index contributed by atoms with van der Waals surface area (Å²) in [5.41, 5.74) is 2.00. The maximum absolute atomic E-state index is 9.59. The largest absolute Gasteiger partial charge is 0.494 e. The van der Waals surface area contributed by atoms with Crippen molar-refractivity contribution in [3.8, 4) is 5.75 Å². The van der Waals surface area contributed by atoms with Gasteiger partial charge < -0.3 is 20.1 Å². The van der Waals surface area contributed by atoms with Crippen LogP contribution in [0.2, 0.25) is 0 Å². The number of aliphatic hydroxyl groups excluding tert-OH is 1. The van der Waals surface area contributed by atoms with E-state index in [-0.39, 0.29) is 0 Å². The van der Waals surface area contributed by atoms with Gasteiger partial charge in [0.25, 0.3) is 0 Å². The second-order valence-corrected chi connectivity index (χ2v) is 6.86. The molecule has 3 rings (SSSR count). The van der Waals surface area contributed by atoms with Crippen molar-refractivity contribution in [2.45, 2.75) is 19.1 Å². The summed E-state index contributed by atoms with van der Waals surface area (Å²) in [5, 5.41) is 12.6. The summed E-state index contributed by atoms with van der Waals surface area (Å²) >= 11 is 0. The van der Waals surface area contributed by atoms with Crippen LogP contribution in [0.4, 0.5) is 5.69 Å². The fraction of sp³-hybridized carbons (Fsp3) is 0.529. The van der Waals surface area contributed by atoms with E-state index in [1.54, 1.807) is 6.08 Å². The van der Waals surface area contributed by atoms with Gasteiger partial charge in [-0.1, -0.05) is 15.5 Å². The average molecular weight is 335 g/mol. The van der Waals surface area contributed by atoms with Crippen LogP contribution in [-0.4, -0.2) is 60.2 Å². The van der Waals surface area contributed by atoms with Crippen LogP contribution >= 0.6 is 9.39 Å². The van der Waals surface area contributed by atoms with Gasteiger partial charge in [0.2, 0.25) is 0 Å². The number of nitrogens with one attached hydrogen (secondary N) is 1. The number of nitrogens with zero attached hydrogens (tertiary/aromatic N) is 2. The first-order chi connectivity index (χ1) is 11.2. The van der Waals surface area contributed by atoms with Crippen molar-refractivity contribution in [1.29, 1.82) is 0 Å². The minimum absolute atomic E-state index is 0.611. The molecule has 1 saturated heterocycles. The van der Waals surface area contributed by atoms with Gasteiger partial charge in [0.15, 0.2) is 0 Å². The van der Waals surface area contributed by atoms with Gasteiger partial charge in [0.05, 0.1) is 6.61 Å². The summed E-state index contributed by atoms with van der Waals surface area (Å²) in [5.74, 6) is 0.857. The fourth-order valence-corrected chi connectivity index (χ4v) is 3.14. The van der Waals surface area contributed by atoms with Gasteiger partial charge >= 0.3 is 0 Å². The zero-order chi connectivity index (χ0) is 16.1. The van der Waals surface area contributed by atoms with E-state index in [4.69, 9.17) is 4.74 Å². The van der Waals surface area contributed by atoms with Crippen molar-refractivity contribution in [3.63, 3.8) is 0 Å². The highest BCUT2D eigenvalue weighted by Crippen LogP contribution is 2.27. The number of anilines is 1. The summed E-state index contributed by atoms with van der Waals surface area (Å²) in [6.45, 7) is 6.51. The summed E-state index contributed by atoms with van der Waals surface area (Å²) in [6, 6.07) is 5.96. The molecule has 2 aliphatic rings. The molecule has 1 fully saturated rings. The van der Waals surface area contributed by atoms with E-state index >= 15 is 0 Å². The summed E-state index contributed by atoms with van der Waals surface area (Å²) in [6.07, 6.45) is 5.28. The van der Waals surface area contributed by atoms with Gasteiger partial charge in [-0.3, -0.25) is 4.67 Å². The number of hydrogen-bond acceptors (Lipinski definition) is 5. The molecule has 5 nitrogen and oxygen atoms in total. The third-order valence-electron chi connectivity index (χ3n) is 4.33. The number of piperazine rings is 1. The van der Waals surface area contributed by atoms with Crippen molar-refractivity contribution >= 4 is 21.2 Å². The Hall–Kier alpha value is -1.13. The maximum atomic E-state index is 9.59. The highest BCUT2D eigenvalue weighted by molar-refractivity contribution is 7.13. The third kappa shape index (κ3) is 4.92. The van der Waals surface area contributed by atoms with Crippen molar-refractivity contribution in [3.05, 3.63) is 29.8 Å². The van der Waals surface area contributed by atoms with Crippen LogP contribution in [0, 0.1) is 0 Å². The van der Waals surface area contributed by atoms with E-state index in [0.717, 1.165) is 62.8 Å². The smallest absolute Gasteiger partial charge is 0.144 e. The Labute approximate surface area is 140 Å². The van der Waals surface area contributed by atoms with Crippen LogP contribution in [0.15, 0.2) is 24.3 Å². The lowest BCUT2D eigenvalue weighted by Gasteiger charge is -2.32. The summed E-state index contributed by atoms with van der Waals surface area (Å²) in [4.78, 5) is 2.52. The molecule has 1 aromatic carbocycles. The van der Waals surface area contributed by atoms with Crippen molar-refractivity contribution in [2.24, 2.45) is 0 Å². The van der Waals surface area contributed by atoms with Gasteiger partial charge in [-0.15, -0.1) is 0 Å². The van der Waals surface area contributed by atoms with Crippen LogP contribution in [0.1, 0.15) is 18.4 Å². The summed E-state index contributed by atoms with van der Waals surface area (Å²) < 4.78 is 8.14. The Morgan fingerprint density at radius 3 is 2.87 bits per heavy atom. The molecule has 0 aromatic heterocycles. The first-order valence-electron chi connectivity index (χ1n) is 8.32. The SMILES string of the molecule is OC1C=Cc2ccc(OCCCCN3CCN(P)CC3)cc2N1. The van der Waals surface area contributed by atoms with E-state index in [1.165, 1.54) is 6.42 Å². The monoisotopic (exact) mass is 335 g/mol. The second kappa shape index (κ2) is 8.11. The Morgan fingerprint density at radius 2 is 2.04 bits per heavy atom. The van der Waals surface area contributed by atoms with Crippen LogP contribution in [0.3, 0.4) is 0 Å². The molecule has 2 aliphatic heterocycles. The van der Waals surface area contributed by atoms with E-state index in [0.29, 0.717) is 0 Å². The highest BCUT2D eigenvalue weighted by Gasteiger charge is 2.13. The molecule has 0 spiro atoms. The molecule has 6 heteroatoms. The molecular weight excluding hydrogens is 309 g/mol. The first kappa shape index (κ1) is 16.7. The zero-order valence-corrected chi connectivity index (χ0v) is 14.6. The topological polar surface area (TPSA) is 48.0 Å². The quantitative estimate of drug-likeness (QED) is 0.615. The van der Waals surface area contributed by atoms with Crippen molar-refractivity contribution in [1.82, 2.24) is 9.57 Å². The minimum atomic E-state index is -0.611. The lowest BCUT2D eigenvalue weighted by molar-refractivity contribution is 0.188. The number of rotatable bonds is 6. The van der Waals surface area contributed by atoms with Crippen molar-refractivity contribution in [2.75, 3.05) is 44.6 Å². The Balaban J connectivity index is 1.36. The van der Waals surface area contributed by atoms with Crippen molar-refractivity contribution < 1.29 is 9.84 Å². The predicted molar refractivity (Wildman–Crippen MR) is 97.6 cm³/mol. The molecule has 126 valence electrons. The molecule has 23 heavy (non-hydrogen) atoms. The molecule has 2 heterocycles. The molecule has 2 atom stereocenters. The first-order valence-corrected chi connectivity index (χ1v) is 8.84.